The van der Waals surface area contributed by atoms with Gasteiger partial charge in [-0.25, -0.2) is 9.78 Å². The molecule has 0 unspecified atom stereocenters. The summed E-state index contributed by atoms with van der Waals surface area (Å²) in [6.07, 6.45) is -1.65. The number of amides is 2. The van der Waals surface area contributed by atoms with Gasteiger partial charge in [-0.3, -0.25) is 0 Å². The zero-order valence-corrected chi connectivity index (χ0v) is 13.3. The van der Waals surface area contributed by atoms with Crippen LogP contribution in [0.2, 0.25) is 0 Å². The Balaban J connectivity index is 1.64. The smallest absolute Gasteiger partial charge is 0.376 e. The fourth-order valence-electron chi connectivity index (χ4n) is 2.38. The Hall–Kier alpha value is -2.03. The van der Waals surface area contributed by atoms with Crippen molar-refractivity contribution in [2.75, 3.05) is 25.0 Å². The van der Waals surface area contributed by atoms with E-state index in [1.54, 1.807) is 0 Å². The Kier molecular flexibility index (Phi) is 6.24. The Morgan fingerprint density at radius 1 is 1.42 bits per heavy atom. The summed E-state index contributed by atoms with van der Waals surface area (Å²) in [6, 6.07) is 1.83. The lowest BCUT2D eigenvalue weighted by atomic mass is 10.1. The molecule has 3 N–H and O–H groups in total. The SMILES string of the molecule is C[C@H](NC(=O)NCCNc1ccc(C(F)(F)F)cn1)[C@H]1CCCO1. The summed E-state index contributed by atoms with van der Waals surface area (Å²) in [7, 11) is 0. The first-order valence-electron chi connectivity index (χ1n) is 7.79. The Morgan fingerprint density at radius 2 is 2.21 bits per heavy atom. The van der Waals surface area contributed by atoms with Gasteiger partial charge in [0.05, 0.1) is 17.7 Å². The van der Waals surface area contributed by atoms with Gasteiger partial charge in [-0.2, -0.15) is 13.2 Å². The first-order valence-corrected chi connectivity index (χ1v) is 7.79. The lowest BCUT2D eigenvalue weighted by molar-refractivity contribution is -0.137. The summed E-state index contributed by atoms with van der Waals surface area (Å²) < 4.78 is 42.7. The van der Waals surface area contributed by atoms with E-state index in [0.29, 0.717) is 18.9 Å². The van der Waals surface area contributed by atoms with Crippen molar-refractivity contribution in [1.82, 2.24) is 15.6 Å². The Morgan fingerprint density at radius 3 is 2.79 bits per heavy atom. The number of pyridine rings is 1. The van der Waals surface area contributed by atoms with Crippen LogP contribution in [0.4, 0.5) is 23.8 Å². The van der Waals surface area contributed by atoms with Gasteiger partial charge in [0.1, 0.15) is 5.82 Å². The highest BCUT2D eigenvalue weighted by Crippen LogP contribution is 2.28. The van der Waals surface area contributed by atoms with Gasteiger partial charge in [0.25, 0.3) is 0 Å². The molecule has 1 aliphatic heterocycles. The zero-order chi connectivity index (χ0) is 17.6. The number of rotatable bonds is 6. The van der Waals surface area contributed by atoms with Gasteiger partial charge in [-0.1, -0.05) is 0 Å². The van der Waals surface area contributed by atoms with Crippen molar-refractivity contribution in [3.05, 3.63) is 23.9 Å². The number of ether oxygens (including phenoxy) is 1. The molecule has 1 aromatic rings. The molecule has 0 aliphatic carbocycles. The second-order valence-corrected chi connectivity index (χ2v) is 5.60. The van der Waals surface area contributed by atoms with Gasteiger partial charge in [-0.15, -0.1) is 0 Å². The molecule has 9 heteroatoms. The van der Waals surface area contributed by atoms with Crippen molar-refractivity contribution < 1.29 is 22.7 Å². The minimum Gasteiger partial charge on any atom is -0.376 e. The number of aromatic nitrogens is 1. The number of nitrogens with zero attached hydrogens (tertiary/aromatic N) is 1. The van der Waals surface area contributed by atoms with E-state index in [4.69, 9.17) is 4.74 Å². The van der Waals surface area contributed by atoms with E-state index in [1.807, 2.05) is 6.92 Å². The van der Waals surface area contributed by atoms with E-state index in [2.05, 4.69) is 20.9 Å². The minimum atomic E-state index is -4.40. The van der Waals surface area contributed by atoms with Crippen LogP contribution in [0.15, 0.2) is 18.3 Å². The van der Waals surface area contributed by atoms with E-state index >= 15 is 0 Å². The van der Waals surface area contributed by atoms with E-state index < -0.39 is 11.7 Å². The molecule has 0 radical (unpaired) electrons. The highest BCUT2D eigenvalue weighted by Gasteiger charge is 2.30. The van der Waals surface area contributed by atoms with Gasteiger partial charge in [0.2, 0.25) is 0 Å². The van der Waals surface area contributed by atoms with Crippen molar-refractivity contribution in [1.29, 1.82) is 0 Å². The molecule has 1 fully saturated rings. The normalized spacial score (nSPS) is 18.9. The third kappa shape index (κ3) is 5.55. The predicted octanol–water partition coefficient (Wildman–Crippen LogP) is 2.38. The molecule has 2 atom stereocenters. The fourth-order valence-corrected chi connectivity index (χ4v) is 2.38. The number of urea groups is 1. The molecule has 6 nitrogen and oxygen atoms in total. The molecular formula is C15H21F3N4O2. The highest BCUT2D eigenvalue weighted by atomic mass is 19.4. The van der Waals surface area contributed by atoms with Gasteiger partial charge >= 0.3 is 12.2 Å². The van der Waals surface area contributed by atoms with Crippen molar-refractivity contribution in [3.8, 4) is 0 Å². The molecule has 2 rings (SSSR count). The molecule has 2 amide bonds. The molecule has 0 spiro atoms. The molecule has 1 aliphatic rings. The van der Waals surface area contributed by atoms with Crippen LogP contribution in [0.1, 0.15) is 25.3 Å². The zero-order valence-electron chi connectivity index (χ0n) is 13.3. The molecule has 0 aromatic carbocycles. The van der Waals surface area contributed by atoms with Crippen molar-refractivity contribution in [2.45, 2.75) is 38.1 Å². The molecule has 1 saturated heterocycles. The molecular weight excluding hydrogens is 325 g/mol. The highest BCUT2D eigenvalue weighted by molar-refractivity contribution is 5.74. The average Bonchev–Trinajstić information content (AvgIpc) is 3.05. The van der Waals surface area contributed by atoms with E-state index in [-0.39, 0.29) is 18.2 Å². The lowest BCUT2D eigenvalue weighted by Crippen LogP contribution is -2.46. The number of alkyl halides is 3. The van der Waals surface area contributed by atoms with Crippen molar-refractivity contribution in [3.63, 3.8) is 0 Å². The first-order chi connectivity index (χ1) is 11.4. The fraction of sp³-hybridized carbons (Fsp3) is 0.600. The van der Waals surface area contributed by atoms with Crippen LogP contribution in [0.5, 0.6) is 0 Å². The van der Waals surface area contributed by atoms with Crippen LogP contribution < -0.4 is 16.0 Å². The number of carbonyl (C=O) groups excluding carboxylic acids is 1. The largest absolute Gasteiger partial charge is 0.417 e. The number of hydrogen-bond donors (Lipinski definition) is 3. The van der Waals surface area contributed by atoms with Crippen LogP contribution in [-0.4, -0.2) is 42.9 Å². The maximum Gasteiger partial charge on any atom is 0.417 e. The van der Waals surface area contributed by atoms with E-state index in [0.717, 1.165) is 31.7 Å². The summed E-state index contributed by atoms with van der Waals surface area (Å²) in [4.78, 5) is 15.4. The maximum absolute atomic E-state index is 12.4. The van der Waals surface area contributed by atoms with Crippen LogP contribution in [0, 0.1) is 0 Å². The predicted molar refractivity (Wildman–Crippen MR) is 82.7 cm³/mol. The summed E-state index contributed by atoms with van der Waals surface area (Å²) >= 11 is 0. The third-order valence-electron chi connectivity index (χ3n) is 3.69. The number of nitrogens with one attached hydrogen (secondary N) is 3. The maximum atomic E-state index is 12.4. The number of hydrogen-bond acceptors (Lipinski definition) is 4. The third-order valence-corrected chi connectivity index (χ3v) is 3.69. The molecule has 134 valence electrons. The van der Waals surface area contributed by atoms with Gasteiger partial charge in [0.15, 0.2) is 0 Å². The minimum absolute atomic E-state index is 0.0465. The van der Waals surface area contributed by atoms with Crippen LogP contribution >= 0.6 is 0 Å². The van der Waals surface area contributed by atoms with Crippen molar-refractivity contribution >= 4 is 11.8 Å². The molecule has 24 heavy (non-hydrogen) atoms. The summed E-state index contributed by atoms with van der Waals surface area (Å²) in [6.45, 7) is 3.27. The quantitative estimate of drug-likeness (QED) is 0.692. The van der Waals surface area contributed by atoms with Crippen LogP contribution in [0.3, 0.4) is 0 Å². The molecule has 0 bridgehead atoms. The monoisotopic (exact) mass is 346 g/mol. The lowest BCUT2D eigenvalue weighted by Gasteiger charge is -2.20. The van der Waals surface area contributed by atoms with E-state index in [1.165, 1.54) is 6.07 Å². The van der Waals surface area contributed by atoms with E-state index in [9.17, 15) is 18.0 Å². The second kappa shape index (κ2) is 8.18. The standard InChI is InChI=1S/C15H21F3N4O2/c1-10(12-3-2-8-24-12)22-14(23)20-7-6-19-13-5-4-11(9-21-13)15(16,17)18/h4-5,9-10,12H,2-3,6-8H2,1H3,(H,19,21)(H2,20,22,23)/t10-,12+/m0/s1. The molecule has 1 aromatic heterocycles. The van der Waals surface area contributed by atoms with Gasteiger partial charge < -0.3 is 20.7 Å². The molecule has 0 saturated carbocycles. The summed E-state index contributed by atoms with van der Waals surface area (Å²) in [5.74, 6) is 0.318. The Bertz CT molecular complexity index is 531. The number of halogens is 3. The topological polar surface area (TPSA) is 75.3 Å². The van der Waals surface area contributed by atoms with Crippen molar-refractivity contribution in [2.24, 2.45) is 0 Å². The average molecular weight is 346 g/mol. The summed E-state index contributed by atoms with van der Waals surface area (Å²) in [5, 5.41) is 8.31. The second-order valence-electron chi connectivity index (χ2n) is 5.60. The summed E-state index contributed by atoms with van der Waals surface area (Å²) in [5.41, 5.74) is -0.798. The molecule has 2 heterocycles. The van der Waals surface area contributed by atoms with Crippen LogP contribution in [0.25, 0.3) is 0 Å². The van der Waals surface area contributed by atoms with Crippen LogP contribution in [-0.2, 0) is 10.9 Å². The Labute approximate surface area is 138 Å². The number of carbonyl (C=O) groups is 1. The first kappa shape index (κ1) is 18.3. The number of anilines is 1. The van der Waals surface area contributed by atoms with Gasteiger partial charge in [-0.05, 0) is 31.9 Å². The van der Waals surface area contributed by atoms with Gasteiger partial charge in [0, 0.05) is 25.9 Å².